The minimum Gasteiger partial charge on any atom is -0.494 e. The van der Waals surface area contributed by atoms with Gasteiger partial charge in [0.15, 0.2) is 9.84 Å². The largest absolute Gasteiger partial charge is 0.494 e. The van der Waals surface area contributed by atoms with Crippen LogP contribution in [-0.4, -0.2) is 31.2 Å². The summed E-state index contributed by atoms with van der Waals surface area (Å²) in [6.07, 6.45) is 10.2. The first kappa shape index (κ1) is 16.5. The number of aromatic amines is 1. The fourth-order valence-electron chi connectivity index (χ4n) is 2.16. The number of nitrogens with zero attached hydrogens (tertiary/aromatic N) is 1. The molecule has 0 saturated carbocycles. The molecule has 0 atom stereocenters. The van der Waals surface area contributed by atoms with Crippen molar-refractivity contribution in [2.45, 2.75) is 37.0 Å². The molecule has 0 bridgehead atoms. The first-order chi connectivity index (χ1) is 10.6. The number of rotatable bonds is 9. The van der Waals surface area contributed by atoms with Crippen molar-refractivity contribution < 1.29 is 13.2 Å². The van der Waals surface area contributed by atoms with Crippen LogP contribution in [0.15, 0.2) is 41.6 Å². The van der Waals surface area contributed by atoms with Crippen LogP contribution in [0.4, 0.5) is 0 Å². The third kappa shape index (κ3) is 5.52. The maximum Gasteiger partial charge on any atom is 0.175 e. The molecule has 0 saturated heterocycles. The van der Waals surface area contributed by atoms with Crippen molar-refractivity contribution >= 4 is 9.84 Å². The summed E-state index contributed by atoms with van der Waals surface area (Å²) in [5, 5.41) is 0. The molecule has 1 heterocycles. The fourth-order valence-corrected chi connectivity index (χ4v) is 2.79. The van der Waals surface area contributed by atoms with Crippen LogP contribution < -0.4 is 4.74 Å². The Kier molecular flexibility index (Phi) is 6.00. The average Bonchev–Trinajstić information content (AvgIpc) is 2.99. The number of unbranched alkanes of at least 4 members (excludes halogenated alkanes) is 3. The molecule has 2 rings (SSSR count). The van der Waals surface area contributed by atoms with E-state index in [0.29, 0.717) is 17.3 Å². The number of hydrogen-bond acceptors (Lipinski definition) is 4. The summed E-state index contributed by atoms with van der Waals surface area (Å²) in [7, 11) is -3.14. The van der Waals surface area contributed by atoms with Crippen LogP contribution in [0.1, 0.15) is 31.5 Å². The molecule has 6 heteroatoms. The molecular formula is C16H22N2O3S. The lowest BCUT2D eigenvalue weighted by atomic mass is 10.1. The summed E-state index contributed by atoms with van der Waals surface area (Å²) in [6, 6.07) is 6.56. The molecule has 1 aromatic heterocycles. The number of aromatic nitrogens is 2. The molecule has 0 aliphatic rings. The van der Waals surface area contributed by atoms with Gasteiger partial charge in [-0.05, 0) is 37.1 Å². The fraction of sp³-hybridized carbons (Fsp3) is 0.438. The van der Waals surface area contributed by atoms with Gasteiger partial charge in [-0.25, -0.2) is 13.4 Å². The molecule has 1 N–H and O–H groups in total. The van der Waals surface area contributed by atoms with E-state index in [2.05, 4.69) is 9.97 Å². The van der Waals surface area contributed by atoms with Crippen LogP contribution in [0.3, 0.4) is 0 Å². The number of nitrogens with one attached hydrogen (secondary N) is 1. The van der Waals surface area contributed by atoms with Gasteiger partial charge < -0.3 is 9.72 Å². The van der Waals surface area contributed by atoms with Gasteiger partial charge in [-0.15, -0.1) is 0 Å². The molecule has 0 unspecified atom stereocenters. The predicted molar refractivity (Wildman–Crippen MR) is 85.8 cm³/mol. The lowest BCUT2D eigenvalue weighted by Crippen LogP contribution is -1.99. The van der Waals surface area contributed by atoms with Crippen LogP contribution in [0.5, 0.6) is 5.75 Å². The normalized spacial score (nSPS) is 11.5. The Bertz CT molecular complexity index is 649. The number of aryl methyl sites for hydroxylation is 1. The molecule has 120 valence electrons. The van der Waals surface area contributed by atoms with Crippen molar-refractivity contribution in [2.75, 3.05) is 12.9 Å². The van der Waals surface area contributed by atoms with Crippen molar-refractivity contribution in [1.82, 2.24) is 9.97 Å². The molecule has 1 aromatic carbocycles. The Hall–Kier alpha value is -1.82. The highest BCUT2D eigenvalue weighted by Gasteiger charge is 2.06. The lowest BCUT2D eigenvalue weighted by molar-refractivity contribution is 0.304. The van der Waals surface area contributed by atoms with Crippen molar-refractivity contribution in [1.29, 1.82) is 0 Å². The van der Waals surface area contributed by atoms with Gasteiger partial charge in [0.05, 0.1) is 11.5 Å². The molecule has 0 amide bonds. The zero-order valence-electron chi connectivity index (χ0n) is 12.8. The smallest absolute Gasteiger partial charge is 0.175 e. The first-order valence-electron chi connectivity index (χ1n) is 7.47. The van der Waals surface area contributed by atoms with E-state index < -0.39 is 9.84 Å². The molecule has 0 aliphatic carbocycles. The van der Waals surface area contributed by atoms with Crippen molar-refractivity contribution in [3.05, 3.63) is 42.5 Å². The summed E-state index contributed by atoms with van der Waals surface area (Å²) in [5.41, 5.74) is 0. The van der Waals surface area contributed by atoms with Gasteiger partial charge in [0.25, 0.3) is 0 Å². The maximum absolute atomic E-state index is 11.3. The Morgan fingerprint density at radius 2 is 1.82 bits per heavy atom. The zero-order chi connectivity index (χ0) is 15.8. The van der Waals surface area contributed by atoms with E-state index in [0.717, 1.165) is 37.9 Å². The van der Waals surface area contributed by atoms with Gasteiger partial charge in [-0.3, -0.25) is 0 Å². The van der Waals surface area contributed by atoms with Gasteiger partial charge in [0.1, 0.15) is 11.6 Å². The topological polar surface area (TPSA) is 72.1 Å². The number of hydrogen-bond donors (Lipinski definition) is 1. The van der Waals surface area contributed by atoms with E-state index in [1.165, 1.54) is 6.26 Å². The summed E-state index contributed by atoms with van der Waals surface area (Å²) >= 11 is 0. The highest BCUT2D eigenvalue weighted by Crippen LogP contribution is 2.16. The minimum atomic E-state index is -3.14. The van der Waals surface area contributed by atoms with Crippen molar-refractivity contribution in [3.63, 3.8) is 0 Å². The second-order valence-electron chi connectivity index (χ2n) is 5.29. The molecule has 0 aliphatic heterocycles. The lowest BCUT2D eigenvalue weighted by Gasteiger charge is -2.06. The Morgan fingerprint density at radius 3 is 2.45 bits per heavy atom. The summed E-state index contributed by atoms with van der Waals surface area (Å²) in [6.45, 7) is 0.652. The Morgan fingerprint density at radius 1 is 1.09 bits per heavy atom. The summed E-state index contributed by atoms with van der Waals surface area (Å²) < 4.78 is 28.3. The van der Waals surface area contributed by atoms with Gasteiger partial charge in [-0.1, -0.05) is 12.8 Å². The van der Waals surface area contributed by atoms with E-state index in [-0.39, 0.29) is 0 Å². The van der Waals surface area contributed by atoms with E-state index >= 15 is 0 Å². The Balaban J connectivity index is 1.58. The maximum atomic E-state index is 11.3. The van der Waals surface area contributed by atoms with Crippen molar-refractivity contribution in [2.24, 2.45) is 0 Å². The molecule has 5 nitrogen and oxygen atoms in total. The highest BCUT2D eigenvalue weighted by atomic mass is 32.2. The Labute approximate surface area is 131 Å². The predicted octanol–water partition coefficient (Wildman–Crippen LogP) is 3.00. The zero-order valence-corrected chi connectivity index (χ0v) is 13.6. The quantitative estimate of drug-likeness (QED) is 0.720. The number of imidazole rings is 1. The van der Waals surface area contributed by atoms with E-state index in [9.17, 15) is 8.42 Å². The van der Waals surface area contributed by atoms with Gasteiger partial charge in [0, 0.05) is 25.1 Å². The van der Waals surface area contributed by atoms with Crippen LogP contribution in [0.2, 0.25) is 0 Å². The first-order valence-corrected chi connectivity index (χ1v) is 9.36. The second-order valence-corrected chi connectivity index (χ2v) is 7.31. The van der Waals surface area contributed by atoms with Crippen LogP contribution in [0, 0.1) is 0 Å². The molecule has 22 heavy (non-hydrogen) atoms. The SMILES string of the molecule is CS(=O)(=O)c1ccc(OCCCCCCc2ncc[nH]2)cc1. The number of benzene rings is 1. The van der Waals surface area contributed by atoms with E-state index in [4.69, 9.17) is 4.74 Å². The molecule has 2 aromatic rings. The third-order valence-corrected chi connectivity index (χ3v) is 4.51. The van der Waals surface area contributed by atoms with Gasteiger partial charge in [-0.2, -0.15) is 0 Å². The van der Waals surface area contributed by atoms with E-state index in [1.54, 1.807) is 30.5 Å². The summed E-state index contributed by atoms with van der Waals surface area (Å²) in [5.74, 6) is 1.75. The monoisotopic (exact) mass is 322 g/mol. The highest BCUT2D eigenvalue weighted by molar-refractivity contribution is 7.90. The van der Waals surface area contributed by atoms with Crippen LogP contribution in [0.25, 0.3) is 0 Å². The minimum absolute atomic E-state index is 0.317. The second kappa shape index (κ2) is 7.98. The third-order valence-electron chi connectivity index (χ3n) is 3.38. The van der Waals surface area contributed by atoms with Crippen molar-refractivity contribution in [3.8, 4) is 5.75 Å². The van der Waals surface area contributed by atoms with Gasteiger partial charge >= 0.3 is 0 Å². The number of H-pyrrole nitrogens is 1. The molecule has 0 fully saturated rings. The van der Waals surface area contributed by atoms with Gasteiger partial charge in [0.2, 0.25) is 0 Å². The van der Waals surface area contributed by atoms with E-state index in [1.807, 2.05) is 6.20 Å². The average molecular weight is 322 g/mol. The molecular weight excluding hydrogens is 300 g/mol. The van der Waals surface area contributed by atoms with Crippen LogP contribution >= 0.6 is 0 Å². The molecule has 0 spiro atoms. The summed E-state index contributed by atoms with van der Waals surface area (Å²) in [4.78, 5) is 7.61. The van der Waals surface area contributed by atoms with Crippen LogP contribution in [-0.2, 0) is 16.3 Å². The number of sulfone groups is 1. The molecule has 0 radical (unpaired) electrons. The standard InChI is InChI=1S/C16H22N2O3S/c1-22(19,20)15-9-7-14(8-10-15)21-13-5-3-2-4-6-16-17-11-12-18-16/h7-12H,2-6,13H2,1H3,(H,17,18). The number of ether oxygens (including phenoxy) is 1.